The Labute approximate surface area is 115 Å². The van der Waals surface area contributed by atoms with E-state index in [-0.39, 0.29) is 0 Å². The highest BCUT2D eigenvalue weighted by Crippen LogP contribution is 2.38. The minimum atomic E-state index is 0.513. The quantitative estimate of drug-likeness (QED) is 0.812. The van der Waals surface area contributed by atoms with Crippen LogP contribution in [0.15, 0.2) is 28.7 Å². The summed E-state index contributed by atoms with van der Waals surface area (Å²) in [6.45, 7) is 2.89. The predicted octanol–water partition coefficient (Wildman–Crippen LogP) is 4.36. The summed E-state index contributed by atoms with van der Waals surface area (Å²) in [5.74, 6) is 2.25. The average molecular weight is 257 g/mol. The van der Waals surface area contributed by atoms with E-state index in [1.807, 2.05) is 0 Å². The molecule has 1 fully saturated rings. The fourth-order valence-corrected chi connectivity index (χ4v) is 3.45. The van der Waals surface area contributed by atoms with Crippen LogP contribution in [-0.2, 0) is 0 Å². The molecule has 3 rings (SSSR count). The van der Waals surface area contributed by atoms with Gasteiger partial charge in [-0.15, -0.1) is 0 Å². The smallest absolute Gasteiger partial charge is 0.137 e. The Morgan fingerprint density at radius 3 is 2.84 bits per heavy atom. The molecule has 2 heteroatoms. The molecule has 2 aromatic rings. The van der Waals surface area contributed by atoms with Crippen molar-refractivity contribution in [1.29, 1.82) is 0 Å². The van der Waals surface area contributed by atoms with Gasteiger partial charge in [0.2, 0.25) is 0 Å². The van der Waals surface area contributed by atoms with Crippen molar-refractivity contribution >= 4 is 11.0 Å². The molecule has 1 aromatic carbocycles. The first-order valence-corrected chi connectivity index (χ1v) is 7.48. The van der Waals surface area contributed by atoms with E-state index in [4.69, 9.17) is 10.2 Å². The van der Waals surface area contributed by atoms with E-state index < -0.39 is 0 Å². The van der Waals surface area contributed by atoms with Crippen LogP contribution in [0.5, 0.6) is 0 Å². The molecule has 1 aliphatic carbocycles. The number of nitrogens with two attached hydrogens (primary N) is 1. The average Bonchev–Trinajstić information content (AvgIpc) is 2.71. The monoisotopic (exact) mass is 257 g/mol. The molecule has 2 nitrogen and oxygen atoms in total. The molecule has 0 bridgehead atoms. The second kappa shape index (κ2) is 5.38. The summed E-state index contributed by atoms with van der Waals surface area (Å²) < 4.78 is 6.17. The van der Waals surface area contributed by atoms with Crippen molar-refractivity contribution in [1.82, 2.24) is 0 Å². The van der Waals surface area contributed by atoms with Gasteiger partial charge in [0.05, 0.1) is 0 Å². The highest BCUT2D eigenvalue weighted by atomic mass is 16.3. The van der Waals surface area contributed by atoms with Gasteiger partial charge < -0.3 is 10.2 Å². The van der Waals surface area contributed by atoms with Crippen molar-refractivity contribution in [3.05, 3.63) is 35.6 Å². The Kier molecular flexibility index (Phi) is 3.61. The number of hydrogen-bond acceptors (Lipinski definition) is 2. The minimum absolute atomic E-state index is 0.513. The number of rotatable bonds is 2. The number of para-hydroxylation sites is 1. The number of hydrogen-bond donors (Lipinski definition) is 1. The van der Waals surface area contributed by atoms with Gasteiger partial charge in [-0.3, -0.25) is 0 Å². The molecule has 0 spiro atoms. The molecule has 0 amide bonds. The number of benzene rings is 1. The Morgan fingerprint density at radius 1 is 1.21 bits per heavy atom. The Balaban J connectivity index is 1.99. The van der Waals surface area contributed by atoms with E-state index in [2.05, 4.69) is 31.2 Å². The van der Waals surface area contributed by atoms with Crippen molar-refractivity contribution in [2.75, 3.05) is 6.54 Å². The Morgan fingerprint density at radius 2 is 2.05 bits per heavy atom. The van der Waals surface area contributed by atoms with Crippen molar-refractivity contribution < 1.29 is 4.42 Å². The van der Waals surface area contributed by atoms with Gasteiger partial charge in [0, 0.05) is 11.3 Å². The van der Waals surface area contributed by atoms with E-state index in [0.717, 1.165) is 17.9 Å². The van der Waals surface area contributed by atoms with Crippen LogP contribution < -0.4 is 5.73 Å². The van der Waals surface area contributed by atoms with Crippen LogP contribution in [-0.4, -0.2) is 6.54 Å². The third kappa shape index (κ3) is 2.42. The van der Waals surface area contributed by atoms with Crippen molar-refractivity contribution in [3.63, 3.8) is 0 Å². The zero-order chi connectivity index (χ0) is 13.2. The lowest BCUT2D eigenvalue weighted by molar-refractivity contribution is 0.355. The normalized spacial score (nSPS) is 24.5. The first-order chi connectivity index (χ1) is 9.29. The zero-order valence-corrected chi connectivity index (χ0v) is 11.7. The van der Waals surface area contributed by atoms with Crippen molar-refractivity contribution in [2.24, 2.45) is 11.7 Å². The largest absolute Gasteiger partial charge is 0.460 e. The van der Waals surface area contributed by atoms with E-state index in [0.29, 0.717) is 11.8 Å². The fraction of sp³-hybridized carbons (Fsp3) is 0.529. The summed E-state index contributed by atoms with van der Waals surface area (Å²) in [4.78, 5) is 0. The van der Waals surface area contributed by atoms with E-state index in [1.165, 1.54) is 43.1 Å². The van der Waals surface area contributed by atoms with Gasteiger partial charge in [-0.25, -0.2) is 0 Å². The SMILES string of the molecule is Cc1cccc2cc(C3CCCCCC3CN)oc12. The number of furan rings is 1. The molecule has 2 N–H and O–H groups in total. The van der Waals surface area contributed by atoms with Crippen molar-refractivity contribution in [3.8, 4) is 0 Å². The zero-order valence-electron chi connectivity index (χ0n) is 11.7. The second-order valence-electron chi connectivity index (χ2n) is 5.88. The lowest BCUT2D eigenvalue weighted by Gasteiger charge is -2.21. The molecular formula is C17H23NO. The fourth-order valence-electron chi connectivity index (χ4n) is 3.45. The van der Waals surface area contributed by atoms with Gasteiger partial charge in [-0.2, -0.15) is 0 Å². The van der Waals surface area contributed by atoms with Gasteiger partial charge >= 0.3 is 0 Å². The molecule has 102 valence electrons. The van der Waals surface area contributed by atoms with Crippen LogP contribution in [0.3, 0.4) is 0 Å². The summed E-state index contributed by atoms with van der Waals surface area (Å²) in [6.07, 6.45) is 6.43. The Hall–Kier alpha value is -1.28. The van der Waals surface area contributed by atoms with Crippen LogP contribution in [0, 0.1) is 12.8 Å². The third-order valence-electron chi connectivity index (χ3n) is 4.59. The molecular weight excluding hydrogens is 234 g/mol. The first kappa shape index (κ1) is 12.7. The summed E-state index contributed by atoms with van der Waals surface area (Å²) in [7, 11) is 0. The topological polar surface area (TPSA) is 39.2 Å². The van der Waals surface area contributed by atoms with Gasteiger partial charge in [0.15, 0.2) is 0 Å². The summed E-state index contributed by atoms with van der Waals surface area (Å²) >= 11 is 0. The van der Waals surface area contributed by atoms with Crippen LogP contribution >= 0.6 is 0 Å². The number of fused-ring (bicyclic) bond motifs is 1. The third-order valence-corrected chi connectivity index (χ3v) is 4.59. The summed E-state index contributed by atoms with van der Waals surface area (Å²) in [6, 6.07) is 8.60. The molecule has 19 heavy (non-hydrogen) atoms. The number of aryl methyl sites for hydroxylation is 1. The van der Waals surface area contributed by atoms with Gasteiger partial charge in [0.1, 0.15) is 11.3 Å². The maximum absolute atomic E-state index is 6.17. The molecule has 1 aliphatic rings. The van der Waals surface area contributed by atoms with Crippen LogP contribution in [0.2, 0.25) is 0 Å². The Bertz CT molecular complexity index is 557. The molecule has 0 saturated heterocycles. The lowest BCUT2D eigenvalue weighted by atomic mass is 9.86. The predicted molar refractivity (Wildman–Crippen MR) is 79.3 cm³/mol. The minimum Gasteiger partial charge on any atom is -0.460 e. The van der Waals surface area contributed by atoms with Crippen LogP contribution in [0.1, 0.15) is 49.3 Å². The van der Waals surface area contributed by atoms with Gasteiger partial charge in [-0.1, -0.05) is 37.5 Å². The molecule has 1 heterocycles. The second-order valence-corrected chi connectivity index (χ2v) is 5.88. The summed E-state index contributed by atoms with van der Waals surface area (Å²) in [5.41, 5.74) is 8.26. The standard InChI is InChI=1S/C17H23NO/c1-12-6-5-8-13-10-16(19-17(12)13)15-9-4-2-3-7-14(15)11-18/h5-6,8,10,14-15H,2-4,7,9,11,18H2,1H3. The van der Waals surface area contributed by atoms with Crippen LogP contribution in [0.25, 0.3) is 11.0 Å². The van der Waals surface area contributed by atoms with Crippen molar-refractivity contribution in [2.45, 2.75) is 44.9 Å². The molecule has 0 radical (unpaired) electrons. The van der Waals surface area contributed by atoms with E-state index in [1.54, 1.807) is 0 Å². The highest BCUT2D eigenvalue weighted by Gasteiger charge is 2.27. The maximum Gasteiger partial charge on any atom is 0.137 e. The maximum atomic E-state index is 6.17. The van der Waals surface area contributed by atoms with E-state index in [9.17, 15) is 0 Å². The highest BCUT2D eigenvalue weighted by molar-refractivity contribution is 5.81. The van der Waals surface area contributed by atoms with Gasteiger partial charge in [0.25, 0.3) is 0 Å². The van der Waals surface area contributed by atoms with Crippen LogP contribution in [0.4, 0.5) is 0 Å². The molecule has 1 aromatic heterocycles. The van der Waals surface area contributed by atoms with E-state index >= 15 is 0 Å². The molecule has 2 unspecified atom stereocenters. The first-order valence-electron chi connectivity index (χ1n) is 7.48. The van der Waals surface area contributed by atoms with Gasteiger partial charge in [-0.05, 0) is 43.9 Å². The summed E-state index contributed by atoms with van der Waals surface area (Å²) in [5, 5.41) is 1.23. The molecule has 0 aliphatic heterocycles. The lowest BCUT2D eigenvalue weighted by Crippen LogP contribution is -2.20. The molecule has 1 saturated carbocycles. The molecule has 2 atom stereocenters.